The van der Waals surface area contributed by atoms with E-state index in [1.165, 1.54) is 37.2 Å². The normalized spacial score (nSPS) is 16.0. The second-order valence-corrected chi connectivity index (χ2v) is 28.7. The molecule has 4 aromatic carbocycles. The first-order valence-corrected chi connectivity index (χ1v) is 36.5. The average Bonchev–Trinajstić information content (AvgIpc) is 1.48. The first-order chi connectivity index (χ1) is 53.0. The van der Waals surface area contributed by atoms with Gasteiger partial charge in [0.25, 0.3) is 0 Å². The monoisotopic (exact) mass is 1530 g/mol. The molecule has 4 aliphatic rings. The molecule has 12 rings (SSSR count). The molecule has 4 aliphatic heterocycles. The molecule has 36 nitrogen and oxygen atoms in total. The molecule has 0 spiro atoms. The lowest BCUT2D eigenvalue weighted by molar-refractivity contribution is -0.120. The first-order valence-electron chi connectivity index (χ1n) is 36.5. The number of para-hydroxylation sites is 4. The van der Waals surface area contributed by atoms with Crippen LogP contribution in [0.5, 0.6) is 23.0 Å². The topological polar surface area (TPSA) is 478 Å². The third-order valence-corrected chi connectivity index (χ3v) is 18.7. The molecule has 0 bridgehead atoms. The van der Waals surface area contributed by atoms with E-state index in [1.807, 2.05) is 81.3 Å². The molecule has 8 aromatic rings. The summed E-state index contributed by atoms with van der Waals surface area (Å²) < 4.78 is 27.1. The standard InChI is InChI=1S/C21H30BN5O4.C18H24BN5O4.2C16H20BN5O4/c1-14(28)18-8-6-7-15-9-16(22(30)31-21(15)18)10-17(29)11-27-20(13-26(4)5)19(23-24-27)12-25(2)3;1-12(25)16-6-4-5-13-9-14(19(27)28-18(13)16)10-15(26)11-17-20-21-22-24(17)8-7-23(2)3;1-10(23)14-4-2-3-11-7-12(17(25)26-16(11)14)8-13(24)9-15-19-20-21-22(15)6-5-18;1-10(23)14-4-2-3-11-7-12(17(25)26-16(11)14)8-13(24)9-15-19-21-22(20-15)6-5-18/h6-8,16,30H,9-13H2,1-5H3;4-6,14,27H,7-11H2,1-3H3;2*2-4,12,25H,5-9,18H2,1H3/t16-;14-;2*12-/m1111/s1. The van der Waals surface area contributed by atoms with E-state index in [4.69, 9.17) is 30.1 Å². The molecule has 0 unspecified atom stereocenters. The predicted molar refractivity (Wildman–Crippen MR) is 405 cm³/mol. The molecule has 0 saturated heterocycles. The minimum absolute atomic E-state index is 0.0358. The number of rotatable bonds is 31. The Kier molecular flexibility index (Phi) is 30.2. The minimum Gasteiger partial charge on any atom is -0.535 e. The van der Waals surface area contributed by atoms with Crippen molar-refractivity contribution >= 4 is 74.7 Å². The molecule has 8 heterocycles. The van der Waals surface area contributed by atoms with Crippen LogP contribution in [-0.4, -0.2) is 247 Å². The summed E-state index contributed by atoms with van der Waals surface area (Å²) in [6.07, 6.45) is 2.59. The minimum atomic E-state index is -1.15. The van der Waals surface area contributed by atoms with Crippen molar-refractivity contribution in [3.63, 3.8) is 0 Å². The summed E-state index contributed by atoms with van der Waals surface area (Å²) in [7, 11) is 7.18. The molecule has 4 aromatic heterocycles. The van der Waals surface area contributed by atoms with Gasteiger partial charge in [-0.1, -0.05) is 53.7 Å². The Bertz CT molecular complexity index is 4610. The number of hydrogen-bond acceptors (Lipinski definition) is 32. The zero-order valence-corrected chi connectivity index (χ0v) is 64.1. The highest BCUT2D eigenvalue weighted by molar-refractivity contribution is 6.48. The molecule has 4 atom stereocenters. The van der Waals surface area contributed by atoms with Crippen molar-refractivity contribution in [2.45, 2.75) is 161 Å². The SMILES string of the molecule is CC(=O)c1cccc2c1OB(O)[C@@H](CC(=O)Cc1nnn(CCN)n1)C2.CC(=O)c1cccc2c1OB(O)[C@@H](CC(=O)Cc1nnnn1CCN(C)C)C2.CC(=O)c1cccc2c1OB(O)[C@@H](CC(=O)Cc1nnnn1CCN)C2.CC(=O)c1cccc2c1OB(O)[C@@H](CC(=O)Cn1nnc(CN(C)C)c1CN(C)C)C2. The number of fused-ring (bicyclic) bond motifs is 4. The Hall–Kier alpha value is -10.3. The van der Waals surface area contributed by atoms with E-state index in [-0.39, 0.29) is 109 Å². The van der Waals surface area contributed by atoms with E-state index in [0.29, 0.717) is 134 Å². The van der Waals surface area contributed by atoms with Gasteiger partial charge in [-0.2, -0.15) is 4.80 Å². The molecular formula is C71H94B4N20O16. The zero-order valence-electron chi connectivity index (χ0n) is 64.1. The van der Waals surface area contributed by atoms with Crippen molar-refractivity contribution in [3.05, 3.63) is 146 Å². The summed E-state index contributed by atoms with van der Waals surface area (Å²) in [6.45, 7) is 10.2. The number of nitrogens with two attached hydrogens (primary N) is 2. The highest BCUT2D eigenvalue weighted by Gasteiger charge is 2.42. The molecule has 0 radical (unpaired) electrons. The molecule has 0 amide bonds. The van der Waals surface area contributed by atoms with Gasteiger partial charge < -0.3 is 64.9 Å². The number of tetrazole rings is 3. The van der Waals surface area contributed by atoms with Crippen molar-refractivity contribution in [1.82, 2.24) is 90.3 Å². The van der Waals surface area contributed by atoms with Crippen LogP contribution >= 0.6 is 0 Å². The van der Waals surface area contributed by atoms with Gasteiger partial charge in [-0.05, 0) is 168 Å². The van der Waals surface area contributed by atoms with Gasteiger partial charge in [-0.25, -0.2) is 14.0 Å². The van der Waals surface area contributed by atoms with E-state index in [1.54, 1.807) is 57.9 Å². The van der Waals surface area contributed by atoms with E-state index in [2.05, 4.69) is 56.8 Å². The van der Waals surface area contributed by atoms with E-state index < -0.39 is 40.1 Å². The summed E-state index contributed by atoms with van der Waals surface area (Å²) >= 11 is 0. The van der Waals surface area contributed by atoms with Gasteiger partial charge in [-0.15, -0.1) is 25.5 Å². The van der Waals surface area contributed by atoms with Crippen molar-refractivity contribution < 1.29 is 77.1 Å². The molecular weight excluding hydrogens is 1430 g/mol. The lowest BCUT2D eigenvalue weighted by Gasteiger charge is -2.28. The van der Waals surface area contributed by atoms with Crippen LogP contribution in [0, 0.1) is 0 Å². The first kappa shape index (κ1) is 84.7. The highest BCUT2D eigenvalue weighted by atomic mass is 16.5. The van der Waals surface area contributed by atoms with Gasteiger partial charge in [0.1, 0.15) is 52.6 Å². The van der Waals surface area contributed by atoms with Crippen LogP contribution in [0.4, 0.5) is 0 Å². The van der Waals surface area contributed by atoms with Crippen molar-refractivity contribution in [1.29, 1.82) is 0 Å². The number of Topliss-reactive ketones (excluding diaryl/α,β-unsaturated/α-hetero) is 8. The summed E-state index contributed by atoms with van der Waals surface area (Å²) in [6, 6.07) is 21.2. The smallest absolute Gasteiger partial charge is 0.526 e. The lowest BCUT2D eigenvalue weighted by atomic mass is 9.64. The number of ketones is 8. The Morgan fingerprint density at radius 1 is 0.441 bits per heavy atom. The van der Waals surface area contributed by atoms with Crippen LogP contribution in [0.2, 0.25) is 23.3 Å². The number of likely N-dealkylation sites (N-methyl/N-ethyl adjacent to an activating group) is 1. The van der Waals surface area contributed by atoms with E-state index in [0.717, 1.165) is 40.2 Å². The average molecular weight is 1530 g/mol. The number of carbonyl (C=O) groups is 8. The summed E-state index contributed by atoms with van der Waals surface area (Å²) in [4.78, 5) is 104. The largest absolute Gasteiger partial charge is 0.535 e. The maximum absolute atomic E-state index is 12.8. The van der Waals surface area contributed by atoms with Gasteiger partial charge >= 0.3 is 28.5 Å². The third-order valence-electron chi connectivity index (χ3n) is 18.7. The zero-order chi connectivity index (χ0) is 80.3. The molecule has 0 saturated carbocycles. The van der Waals surface area contributed by atoms with Crippen LogP contribution in [-0.2, 0) is 103 Å². The second kappa shape index (κ2) is 39.5. The van der Waals surface area contributed by atoms with Gasteiger partial charge in [0, 0.05) is 81.7 Å². The predicted octanol–water partition coefficient (Wildman–Crippen LogP) is 1.12. The fraction of sp³-hybridized carbons (Fsp3) is 0.479. The van der Waals surface area contributed by atoms with Crippen LogP contribution in [0.1, 0.15) is 146 Å². The third kappa shape index (κ3) is 23.2. The maximum Gasteiger partial charge on any atom is 0.526 e. The molecule has 8 N–H and O–H groups in total. The summed E-state index contributed by atoms with van der Waals surface area (Å²) in [5, 5.41) is 84.3. The highest BCUT2D eigenvalue weighted by Crippen LogP contribution is 2.41. The molecule has 111 heavy (non-hydrogen) atoms. The summed E-state index contributed by atoms with van der Waals surface area (Å²) in [5.74, 6) is 0.545. The van der Waals surface area contributed by atoms with Crippen LogP contribution < -0.4 is 30.1 Å². The Morgan fingerprint density at radius 3 is 1.17 bits per heavy atom. The number of nitrogens with zero attached hydrogens (tertiary/aromatic N) is 18. The van der Waals surface area contributed by atoms with E-state index >= 15 is 0 Å². The van der Waals surface area contributed by atoms with Crippen molar-refractivity contribution in [2.24, 2.45) is 11.5 Å². The fourth-order valence-electron chi connectivity index (χ4n) is 13.3. The fourth-order valence-corrected chi connectivity index (χ4v) is 13.3. The molecule has 0 aliphatic carbocycles. The van der Waals surface area contributed by atoms with Crippen molar-refractivity contribution in [3.8, 4) is 23.0 Å². The van der Waals surface area contributed by atoms with Gasteiger partial charge in [0.15, 0.2) is 46.4 Å². The van der Waals surface area contributed by atoms with Crippen LogP contribution in [0.25, 0.3) is 0 Å². The van der Waals surface area contributed by atoms with Gasteiger partial charge in [-0.3, -0.25) is 38.4 Å². The molecule has 40 heteroatoms. The van der Waals surface area contributed by atoms with Crippen LogP contribution in [0.3, 0.4) is 0 Å². The number of carbonyl (C=O) groups excluding carboxylic acids is 8. The van der Waals surface area contributed by atoms with Crippen molar-refractivity contribution in [2.75, 3.05) is 61.9 Å². The molecule has 586 valence electrons. The quantitative estimate of drug-likeness (QED) is 0.0262. The van der Waals surface area contributed by atoms with Gasteiger partial charge in [0.2, 0.25) is 0 Å². The molecule has 0 fully saturated rings. The Balaban J connectivity index is 0.000000170. The number of aromatic nitrogens is 15. The maximum atomic E-state index is 12.8. The second-order valence-electron chi connectivity index (χ2n) is 28.7. The van der Waals surface area contributed by atoms with Crippen LogP contribution in [0.15, 0.2) is 72.8 Å². The summed E-state index contributed by atoms with van der Waals surface area (Å²) in [5.41, 5.74) is 17.7. The Morgan fingerprint density at radius 2 is 0.811 bits per heavy atom. The lowest BCUT2D eigenvalue weighted by Crippen LogP contribution is -2.36. The van der Waals surface area contributed by atoms with E-state index in [9.17, 15) is 58.5 Å². The Labute approximate surface area is 642 Å². The number of benzene rings is 4. The number of hydrogen-bond donors (Lipinski definition) is 6. The van der Waals surface area contributed by atoms with Gasteiger partial charge in [0.05, 0.1) is 66.8 Å².